The highest BCUT2D eigenvalue weighted by Gasteiger charge is 2.32. The van der Waals surface area contributed by atoms with Gasteiger partial charge in [-0.15, -0.1) is 0 Å². The van der Waals surface area contributed by atoms with Gasteiger partial charge in [0.2, 0.25) is 5.91 Å². The van der Waals surface area contributed by atoms with E-state index in [1.165, 1.54) is 5.56 Å². The Bertz CT molecular complexity index is 894. The molecule has 2 unspecified atom stereocenters. The van der Waals surface area contributed by atoms with E-state index in [0.29, 0.717) is 35.6 Å². The second kappa shape index (κ2) is 11.6. The van der Waals surface area contributed by atoms with Gasteiger partial charge in [-0.25, -0.2) is 0 Å². The van der Waals surface area contributed by atoms with Crippen LogP contribution in [0, 0.1) is 11.8 Å². The summed E-state index contributed by atoms with van der Waals surface area (Å²) < 4.78 is 5.09. The zero-order chi connectivity index (χ0) is 24.8. The van der Waals surface area contributed by atoms with Crippen LogP contribution in [0.25, 0.3) is 11.3 Å². The monoisotopic (exact) mass is 455 g/mol. The van der Waals surface area contributed by atoms with Crippen molar-refractivity contribution in [2.45, 2.75) is 78.8 Å². The summed E-state index contributed by atoms with van der Waals surface area (Å²) in [5.41, 5.74) is 2.64. The standard InChI is InChI=1S/C14H15NO2.C13H26N2O/c1-14(2,3)11-6-4-10(5-7-11)13-8-12(9-16)15-17-13;1-9(2)6-11-8-15(5)12(7-10(3)4)13(16)14-11/h4-9H,1-3H3;9-12H,6-8H2,1-5H3,(H,14,16). The summed E-state index contributed by atoms with van der Waals surface area (Å²) in [6, 6.07) is 10.1. The first kappa shape index (κ1) is 26.8. The highest BCUT2D eigenvalue weighted by atomic mass is 16.5. The second-order valence-corrected chi connectivity index (χ2v) is 11.0. The minimum absolute atomic E-state index is 0.0726. The fraction of sp³-hybridized carbons (Fsp3) is 0.593. The molecule has 1 aliphatic rings. The molecule has 1 aromatic carbocycles. The number of aromatic nitrogens is 1. The molecule has 1 N–H and O–H groups in total. The first-order valence-corrected chi connectivity index (χ1v) is 11.9. The highest BCUT2D eigenvalue weighted by Crippen LogP contribution is 2.26. The lowest BCUT2D eigenvalue weighted by atomic mass is 9.86. The molecule has 0 radical (unpaired) electrons. The number of likely N-dealkylation sites (N-methyl/N-ethyl adjacent to an activating group) is 1. The van der Waals surface area contributed by atoms with Crippen LogP contribution in [0.15, 0.2) is 34.9 Å². The number of benzene rings is 1. The SMILES string of the molecule is CC(C)(C)c1ccc(-c2cc(C=O)no2)cc1.CC(C)CC1CN(C)C(CC(C)C)C(=O)N1. The van der Waals surface area contributed by atoms with Gasteiger partial charge in [-0.05, 0) is 42.7 Å². The van der Waals surface area contributed by atoms with Crippen molar-refractivity contribution < 1.29 is 14.1 Å². The van der Waals surface area contributed by atoms with Crippen LogP contribution in [-0.4, -0.2) is 47.9 Å². The Morgan fingerprint density at radius 2 is 1.73 bits per heavy atom. The average Bonchev–Trinajstić information content (AvgIpc) is 3.19. The topological polar surface area (TPSA) is 75.4 Å². The number of nitrogens with zero attached hydrogens (tertiary/aromatic N) is 2. The summed E-state index contributed by atoms with van der Waals surface area (Å²) in [7, 11) is 2.07. The van der Waals surface area contributed by atoms with Gasteiger partial charge < -0.3 is 9.84 Å². The third-order valence-electron chi connectivity index (χ3n) is 5.82. The molecular formula is C27H41N3O3. The number of rotatable bonds is 6. The van der Waals surface area contributed by atoms with Crippen LogP contribution in [0.2, 0.25) is 0 Å². The van der Waals surface area contributed by atoms with Gasteiger partial charge in [-0.2, -0.15) is 0 Å². The minimum atomic E-state index is 0.0726. The van der Waals surface area contributed by atoms with E-state index in [2.05, 4.69) is 83.0 Å². The van der Waals surface area contributed by atoms with Gasteiger partial charge in [0.05, 0.1) is 6.04 Å². The number of carbonyl (C=O) groups excluding carboxylic acids is 2. The maximum Gasteiger partial charge on any atom is 0.237 e. The van der Waals surface area contributed by atoms with Gasteiger partial charge in [0.15, 0.2) is 12.0 Å². The minimum Gasteiger partial charge on any atom is -0.356 e. The van der Waals surface area contributed by atoms with E-state index in [-0.39, 0.29) is 17.4 Å². The van der Waals surface area contributed by atoms with Crippen LogP contribution in [0.1, 0.15) is 77.4 Å². The van der Waals surface area contributed by atoms with Crippen molar-refractivity contribution in [2.24, 2.45) is 11.8 Å². The molecule has 0 aliphatic carbocycles. The number of nitrogens with one attached hydrogen (secondary N) is 1. The van der Waals surface area contributed by atoms with Crippen molar-refractivity contribution in [3.05, 3.63) is 41.6 Å². The number of aldehydes is 1. The molecule has 33 heavy (non-hydrogen) atoms. The summed E-state index contributed by atoms with van der Waals surface area (Å²) in [6.07, 6.45) is 2.71. The fourth-order valence-electron chi connectivity index (χ4n) is 4.07. The average molecular weight is 456 g/mol. The number of carbonyl (C=O) groups is 2. The molecule has 2 atom stereocenters. The highest BCUT2D eigenvalue weighted by molar-refractivity contribution is 5.82. The van der Waals surface area contributed by atoms with Crippen molar-refractivity contribution in [3.63, 3.8) is 0 Å². The Morgan fingerprint density at radius 3 is 2.18 bits per heavy atom. The summed E-state index contributed by atoms with van der Waals surface area (Å²) in [6.45, 7) is 16.2. The summed E-state index contributed by atoms with van der Waals surface area (Å²) in [5, 5.41) is 6.79. The van der Waals surface area contributed by atoms with Gasteiger partial charge in [-0.3, -0.25) is 14.5 Å². The zero-order valence-corrected chi connectivity index (χ0v) is 21.5. The van der Waals surface area contributed by atoms with Crippen LogP contribution >= 0.6 is 0 Å². The van der Waals surface area contributed by atoms with Crippen molar-refractivity contribution in [1.82, 2.24) is 15.4 Å². The third kappa shape index (κ3) is 8.11. The molecule has 6 heteroatoms. The summed E-state index contributed by atoms with van der Waals surface area (Å²) >= 11 is 0. The maximum atomic E-state index is 12.0. The number of amides is 1. The Kier molecular flexibility index (Phi) is 9.41. The number of hydrogen-bond acceptors (Lipinski definition) is 5. The molecular weight excluding hydrogens is 414 g/mol. The summed E-state index contributed by atoms with van der Waals surface area (Å²) in [5.74, 6) is 2.04. The van der Waals surface area contributed by atoms with Crippen LogP contribution in [0.4, 0.5) is 0 Å². The zero-order valence-electron chi connectivity index (χ0n) is 21.5. The van der Waals surface area contributed by atoms with Crippen molar-refractivity contribution in [2.75, 3.05) is 13.6 Å². The van der Waals surface area contributed by atoms with E-state index in [9.17, 15) is 9.59 Å². The Hall–Kier alpha value is -2.47. The van der Waals surface area contributed by atoms with Gasteiger partial charge in [0, 0.05) is 24.2 Å². The Balaban J connectivity index is 0.000000234. The quantitative estimate of drug-likeness (QED) is 0.596. The Labute approximate surface area is 199 Å². The molecule has 2 aromatic rings. The molecule has 6 nitrogen and oxygen atoms in total. The van der Waals surface area contributed by atoms with Crippen LogP contribution < -0.4 is 5.32 Å². The van der Waals surface area contributed by atoms with Crippen molar-refractivity contribution >= 4 is 12.2 Å². The first-order chi connectivity index (χ1) is 15.4. The molecule has 2 heterocycles. The fourth-order valence-corrected chi connectivity index (χ4v) is 4.07. The maximum absolute atomic E-state index is 12.0. The van der Waals surface area contributed by atoms with E-state index in [1.807, 2.05) is 12.1 Å². The van der Waals surface area contributed by atoms with Crippen LogP contribution in [0.3, 0.4) is 0 Å². The molecule has 0 bridgehead atoms. The normalized spacial score (nSPS) is 19.3. The van der Waals surface area contributed by atoms with E-state index in [4.69, 9.17) is 4.52 Å². The second-order valence-electron chi connectivity index (χ2n) is 11.0. The predicted molar refractivity (Wildman–Crippen MR) is 133 cm³/mol. The van der Waals surface area contributed by atoms with Crippen molar-refractivity contribution in [3.8, 4) is 11.3 Å². The van der Waals surface area contributed by atoms with Crippen LogP contribution in [-0.2, 0) is 10.2 Å². The largest absolute Gasteiger partial charge is 0.356 e. The first-order valence-electron chi connectivity index (χ1n) is 11.9. The molecule has 3 rings (SSSR count). The van der Waals surface area contributed by atoms with E-state index in [0.717, 1.165) is 24.9 Å². The van der Waals surface area contributed by atoms with Crippen molar-refractivity contribution in [1.29, 1.82) is 0 Å². The lowest BCUT2D eigenvalue weighted by Crippen LogP contribution is -2.59. The molecule has 1 aromatic heterocycles. The van der Waals surface area contributed by atoms with E-state index in [1.54, 1.807) is 6.07 Å². The van der Waals surface area contributed by atoms with Gasteiger partial charge in [0.25, 0.3) is 0 Å². The molecule has 1 saturated heterocycles. The molecule has 182 valence electrons. The third-order valence-corrected chi connectivity index (χ3v) is 5.82. The lowest BCUT2D eigenvalue weighted by Gasteiger charge is -2.38. The van der Waals surface area contributed by atoms with Gasteiger partial charge >= 0.3 is 0 Å². The molecule has 0 spiro atoms. The number of hydrogen-bond donors (Lipinski definition) is 1. The van der Waals surface area contributed by atoms with Gasteiger partial charge in [-0.1, -0.05) is 77.9 Å². The lowest BCUT2D eigenvalue weighted by molar-refractivity contribution is -0.130. The van der Waals surface area contributed by atoms with E-state index >= 15 is 0 Å². The molecule has 1 aliphatic heterocycles. The predicted octanol–water partition coefficient (Wildman–Crippen LogP) is 5.33. The number of piperazine rings is 1. The molecule has 1 amide bonds. The summed E-state index contributed by atoms with van der Waals surface area (Å²) in [4.78, 5) is 24.7. The smallest absolute Gasteiger partial charge is 0.237 e. The molecule has 1 fully saturated rings. The van der Waals surface area contributed by atoms with Gasteiger partial charge in [0.1, 0.15) is 5.69 Å². The Morgan fingerprint density at radius 1 is 1.12 bits per heavy atom. The van der Waals surface area contributed by atoms with E-state index < -0.39 is 0 Å². The van der Waals surface area contributed by atoms with Crippen LogP contribution in [0.5, 0.6) is 0 Å². The molecule has 0 saturated carbocycles.